The molecule has 1 aromatic heterocycles. The van der Waals surface area contributed by atoms with E-state index in [-0.39, 0.29) is 24.4 Å². The molecule has 7 heteroatoms. The lowest BCUT2D eigenvalue weighted by atomic mass is 10.2. The summed E-state index contributed by atoms with van der Waals surface area (Å²) < 4.78 is 17.5. The zero-order chi connectivity index (χ0) is 16.9. The van der Waals surface area contributed by atoms with Crippen molar-refractivity contribution < 1.29 is 18.7 Å². The quantitative estimate of drug-likeness (QED) is 0.770. The summed E-state index contributed by atoms with van der Waals surface area (Å²) in [6.07, 6.45) is 2.12. The fourth-order valence-electron chi connectivity index (χ4n) is 2.42. The molecule has 3 rings (SSSR count). The van der Waals surface area contributed by atoms with Crippen LogP contribution in [0.15, 0.2) is 39.2 Å². The minimum Gasteiger partial charge on any atom is -0.484 e. The second-order valence-corrected chi connectivity index (χ2v) is 6.80. The zero-order valence-corrected chi connectivity index (χ0v) is 15.2. The van der Waals surface area contributed by atoms with Crippen molar-refractivity contribution in [2.45, 2.75) is 25.6 Å². The molecular formula is C17H17BrClNO4. The maximum Gasteiger partial charge on any atom is 0.287 e. The molecule has 1 atom stereocenters. The highest BCUT2D eigenvalue weighted by molar-refractivity contribution is 9.10. The summed E-state index contributed by atoms with van der Waals surface area (Å²) in [7, 11) is 0. The fourth-order valence-corrected chi connectivity index (χ4v) is 3.15. The number of halogens is 2. The standard InChI is InChI=1S/C17H17BrClNO4/c18-11-3-5-15(14(19)8-11)23-10-13-4-6-16(24-13)17(21)20-9-12-2-1-7-22-12/h3-6,8,12H,1-2,7,9-10H2,(H,20,21). The average molecular weight is 415 g/mol. The van der Waals surface area contributed by atoms with E-state index >= 15 is 0 Å². The second-order valence-electron chi connectivity index (χ2n) is 5.47. The first-order chi connectivity index (χ1) is 11.6. The highest BCUT2D eigenvalue weighted by Gasteiger charge is 2.18. The van der Waals surface area contributed by atoms with Gasteiger partial charge in [-0.25, -0.2) is 0 Å². The van der Waals surface area contributed by atoms with Crippen molar-refractivity contribution in [1.82, 2.24) is 5.32 Å². The maximum absolute atomic E-state index is 12.1. The van der Waals surface area contributed by atoms with Gasteiger partial charge in [0.15, 0.2) is 5.76 Å². The summed E-state index contributed by atoms with van der Waals surface area (Å²) in [6.45, 7) is 1.46. The molecule has 0 saturated carbocycles. The average Bonchev–Trinajstić information content (AvgIpc) is 3.23. The Balaban J connectivity index is 1.51. The van der Waals surface area contributed by atoms with Crippen molar-refractivity contribution >= 4 is 33.4 Å². The van der Waals surface area contributed by atoms with Gasteiger partial charge in [-0.1, -0.05) is 27.5 Å². The lowest BCUT2D eigenvalue weighted by Crippen LogP contribution is -2.31. The molecule has 0 bridgehead atoms. The van der Waals surface area contributed by atoms with Crippen LogP contribution in [-0.2, 0) is 11.3 Å². The van der Waals surface area contributed by atoms with Gasteiger partial charge in [0.25, 0.3) is 5.91 Å². The number of ether oxygens (including phenoxy) is 2. The number of amides is 1. The number of rotatable bonds is 6. The van der Waals surface area contributed by atoms with E-state index in [1.165, 1.54) is 0 Å². The molecule has 1 aromatic carbocycles. The van der Waals surface area contributed by atoms with Crippen molar-refractivity contribution in [2.24, 2.45) is 0 Å². The van der Waals surface area contributed by atoms with Crippen LogP contribution in [0.5, 0.6) is 5.75 Å². The van der Waals surface area contributed by atoms with Crippen LogP contribution in [0.1, 0.15) is 29.2 Å². The Morgan fingerprint density at radius 2 is 2.25 bits per heavy atom. The third kappa shape index (κ3) is 4.53. The van der Waals surface area contributed by atoms with Gasteiger partial charge in [-0.15, -0.1) is 0 Å². The Bertz CT molecular complexity index is 712. The molecular weight excluding hydrogens is 398 g/mol. The van der Waals surface area contributed by atoms with Gasteiger partial charge in [-0.3, -0.25) is 4.79 Å². The fraction of sp³-hybridized carbons (Fsp3) is 0.353. The Hall–Kier alpha value is -1.50. The summed E-state index contributed by atoms with van der Waals surface area (Å²) in [5, 5.41) is 3.32. The van der Waals surface area contributed by atoms with Gasteiger partial charge in [-0.2, -0.15) is 0 Å². The van der Waals surface area contributed by atoms with Crippen molar-refractivity contribution in [3.8, 4) is 5.75 Å². The van der Waals surface area contributed by atoms with E-state index in [1.54, 1.807) is 24.3 Å². The molecule has 0 radical (unpaired) electrons. The summed E-state index contributed by atoms with van der Waals surface area (Å²) in [5.41, 5.74) is 0. The number of nitrogens with one attached hydrogen (secondary N) is 1. The summed E-state index contributed by atoms with van der Waals surface area (Å²) >= 11 is 9.43. The van der Waals surface area contributed by atoms with Gasteiger partial charge >= 0.3 is 0 Å². The van der Waals surface area contributed by atoms with Crippen LogP contribution in [0.4, 0.5) is 0 Å². The van der Waals surface area contributed by atoms with Crippen molar-refractivity contribution in [3.05, 3.63) is 51.3 Å². The number of hydrogen-bond acceptors (Lipinski definition) is 4. The molecule has 2 aromatic rings. The highest BCUT2D eigenvalue weighted by Crippen LogP contribution is 2.28. The number of carbonyl (C=O) groups excluding carboxylic acids is 1. The molecule has 2 heterocycles. The smallest absolute Gasteiger partial charge is 0.287 e. The first kappa shape index (κ1) is 17.3. The van der Waals surface area contributed by atoms with Crippen LogP contribution in [0.2, 0.25) is 5.02 Å². The zero-order valence-electron chi connectivity index (χ0n) is 12.9. The Morgan fingerprint density at radius 3 is 3.00 bits per heavy atom. The minimum atomic E-state index is -0.251. The van der Waals surface area contributed by atoms with Crippen molar-refractivity contribution in [3.63, 3.8) is 0 Å². The summed E-state index contributed by atoms with van der Waals surface area (Å²) in [6, 6.07) is 8.71. The van der Waals surface area contributed by atoms with Crippen molar-refractivity contribution in [1.29, 1.82) is 0 Å². The van der Waals surface area contributed by atoms with Gasteiger partial charge in [0, 0.05) is 17.6 Å². The van der Waals surface area contributed by atoms with Crippen LogP contribution in [0, 0.1) is 0 Å². The van der Waals surface area contributed by atoms with Crippen LogP contribution in [0.25, 0.3) is 0 Å². The van der Waals surface area contributed by atoms with E-state index in [2.05, 4.69) is 21.2 Å². The molecule has 1 N–H and O–H groups in total. The number of furan rings is 1. The molecule has 0 spiro atoms. The van der Waals surface area contributed by atoms with Crippen molar-refractivity contribution in [2.75, 3.05) is 13.2 Å². The number of benzene rings is 1. The number of carbonyl (C=O) groups is 1. The molecule has 24 heavy (non-hydrogen) atoms. The van der Waals surface area contributed by atoms with E-state index in [4.69, 9.17) is 25.5 Å². The predicted molar refractivity (Wildman–Crippen MR) is 93.5 cm³/mol. The van der Waals surface area contributed by atoms with Crippen LogP contribution < -0.4 is 10.1 Å². The minimum absolute atomic E-state index is 0.103. The Kier molecular flexibility index (Phi) is 5.81. The van der Waals surface area contributed by atoms with Gasteiger partial charge in [0.1, 0.15) is 18.1 Å². The van der Waals surface area contributed by atoms with Gasteiger partial charge in [-0.05, 0) is 43.2 Å². The van der Waals surface area contributed by atoms with Gasteiger partial charge < -0.3 is 19.2 Å². The molecule has 0 aliphatic carbocycles. The van der Waals surface area contributed by atoms with E-state index in [0.29, 0.717) is 23.1 Å². The number of hydrogen-bond donors (Lipinski definition) is 1. The largest absolute Gasteiger partial charge is 0.484 e. The molecule has 128 valence electrons. The van der Waals surface area contributed by atoms with Crippen LogP contribution in [0.3, 0.4) is 0 Å². The first-order valence-electron chi connectivity index (χ1n) is 7.68. The van der Waals surface area contributed by atoms with E-state index in [1.807, 2.05) is 6.07 Å². The predicted octanol–water partition coefficient (Wildman–Crippen LogP) is 4.18. The third-order valence-corrected chi connectivity index (χ3v) is 4.45. The van der Waals surface area contributed by atoms with Gasteiger partial charge in [0.2, 0.25) is 0 Å². The van der Waals surface area contributed by atoms with Gasteiger partial charge in [0.05, 0.1) is 11.1 Å². The molecule has 1 amide bonds. The van der Waals surface area contributed by atoms with Crippen LogP contribution in [-0.4, -0.2) is 25.2 Å². The Labute approximate surface area is 153 Å². The normalized spacial score (nSPS) is 17.0. The van der Waals surface area contributed by atoms with E-state index in [0.717, 1.165) is 23.9 Å². The third-order valence-electron chi connectivity index (χ3n) is 3.66. The van der Waals surface area contributed by atoms with Crippen LogP contribution >= 0.6 is 27.5 Å². The molecule has 1 aliphatic heterocycles. The molecule has 1 aliphatic rings. The Morgan fingerprint density at radius 1 is 1.38 bits per heavy atom. The highest BCUT2D eigenvalue weighted by atomic mass is 79.9. The molecule has 1 fully saturated rings. The molecule has 1 unspecified atom stereocenters. The lowest BCUT2D eigenvalue weighted by Gasteiger charge is -2.09. The second kappa shape index (κ2) is 8.05. The maximum atomic E-state index is 12.1. The monoisotopic (exact) mass is 413 g/mol. The SMILES string of the molecule is O=C(NCC1CCCO1)c1ccc(COc2ccc(Br)cc2Cl)o1. The topological polar surface area (TPSA) is 60.7 Å². The van der Waals surface area contributed by atoms with E-state index in [9.17, 15) is 4.79 Å². The summed E-state index contributed by atoms with van der Waals surface area (Å²) in [5.74, 6) is 1.11. The summed E-state index contributed by atoms with van der Waals surface area (Å²) in [4.78, 5) is 12.1. The molecule has 5 nitrogen and oxygen atoms in total. The van der Waals surface area contributed by atoms with E-state index < -0.39 is 0 Å². The first-order valence-corrected chi connectivity index (χ1v) is 8.85. The molecule has 1 saturated heterocycles. The lowest BCUT2D eigenvalue weighted by molar-refractivity contribution is 0.0832.